The molecule has 15 nitrogen and oxygen atoms in total. The van der Waals surface area contributed by atoms with Crippen molar-refractivity contribution in [1.82, 2.24) is 20.4 Å². The topological polar surface area (TPSA) is 233 Å². The van der Waals surface area contributed by atoms with E-state index in [-0.39, 0.29) is 41.0 Å². The number of aliphatic hydroxyl groups excluding tert-OH is 1. The van der Waals surface area contributed by atoms with Crippen LogP contribution in [0.1, 0.15) is 129 Å². The molecular formula is C52H62N8O7. The number of aliphatic hydroxyl groups is 1. The van der Waals surface area contributed by atoms with E-state index in [0.717, 1.165) is 69.1 Å². The van der Waals surface area contributed by atoms with Crippen LogP contribution in [0.25, 0.3) is 0 Å². The van der Waals surface area contributed by atoms with Crippen molar-refractivity contribution < 1.29 is 33.5 Å². The Kier molecular flexibility index (Phi) is 11.6. The molecule has 352 valence electrons. The van der Waals surface area contributed by atoms with Crippen LogP contribution >= 0.6 is 0 Å². The molecule has 7 N–H and O–H groups in total. The van der Waals surface area contributed by atoms with Gasteiger partial charge in [0.15, 0.2) is 0 Å². The summed E-state index contributed by atoms with van der Waals surface area (Å²) in [5.74, 6) is 7.83. The van der Waals surface area contributed by atoms with Gasteiger partial charge in [-0.05, 0) is 155 Å². The van der Waals surface area contributed by atoms with Gasteiger partial charge in [-0.3, -0.25) is 10.2 Å². The van der Waals surface area contributed by atoms with Gasteiger partial charge in [-0.1, -0.05) is 0 Å². The smallest absolute Gasteiger partial charge is 0.244 e. The maximum absolute atomic E-state index is 10.1. The summed E-state index contributed by atoms with van der Waals surface area (Å²) in [6.45, 7) is 1.93. The molecule has 0 radical (unpaired) electrons. The average molecular weight is 911 g/mol. The standard InChI is InChI=1S/2C25H28N4O3.C2H6O/c2*1-30-17-6-16(7-18(8-17)31-2)20-19(12-26)23(27)32-24-21(20)22(28-29-24)25-9-13-3-14(10-25)5-15(4-13)11-25;1-2-3/h2*6-8,13-15,20H,3-5,9-11,27H2,1-2H3,(H,28,29);3H,2H2,1H3. The summed E-state index contributed by atoms with van der Waals surface area (Å²) in [6, 6.07) is 16.1. The Bertz CT molecular complexity index is 2410. The summed E-state index contributed by atoms with van der Waals surface area (Å²) >= 11 is 0. The minimum absolute atomic E-state index is 0.0760. The van der Waals surface area contributed by atoms with E-state index in [1.165, 1.54) is 77.0 Å². The highest BCUT2D eigenvalue weighted by molar-refractivity contribution is 5.60. The average Bonchev–Trinajstić information content (AvgIpc) is 3.95. The van der Waals surface area contributed by atoms with E-state index < -0.39 is 0 Å². The number of nitrogens with zero attached hydrogens (tertiary/aromatic N) is 4. The molecule has 2 aromatic carbocycles. The van der Waals surface area contributed by atoms with Gasteiger partial charge < -0.3 is 45.0 Å². The maximum atomic E-state index is 10.1. The monoisotopic (exact) mass is 910 g/mol. The summed E-state index contributed by atoms with van der Waals surface area (Å²) in [4.78, 5) is 0. The lowest BCUT2D eigenvalue weighted by Gasteiger charge is -2.56. The summed E-state index contributed by atoms with van der Waals surface area (Å²) in [6.07, 6.45) is 15.3. The maximum Gasteiger partial charge on any atom is 0.244 e. The molecule has 2 aromatic heterocycles. The van der Waals surface area contributed by atoms with Crippen LogP contribution in [0, 0.1) is 58.2 Å². The number of allylic oxidation sites excluding steroid dienone is 2. The first kappa shape index (κ1) is 44.5. The molecule has 15 heteroatoms. The van der Waals surface area contributed by atoms with Gasteiger partial charge in [0.2, 0.25) is 23.5 Å². The number of rotatable bonds is 8. The quantitative estimate of drug-likeness (QED) is 0.112. The minimum atomic E-state index is -0.380. The minimum Gasteiger partial charge on any atom is -0.497 e. The van der Waals surface area contributed by atoms with Crippen LogP contribution in [0.3, 0.4) is 0 Å². The predicted octanol–water partition coefficient (Wildman–Crippen LogP) is 8.22. The van der Waals surface area contributed by atoms with Gasteiger partial charge in [-0.15, -0.1) is 10.2 Å². The normalized spacial score (nSPS) is 31.1. The summed E-state index contributed by atoms with van der Waals surface area (Å²) in [7, 11) is 6.51. The third-order valence-electron chi connectivity index (χ3n) is 16.4. The SMILES string of the molecule is CCO.COc1cc(OC)cc(C2C(C#N)=C(N)Oc3n[nH]c(C45CC6CC(CC(C6)C4)C5)c32)c1.COc1cc(OC)cc(C2C(C#N)=C(N)Oc3n[nH]c(C45CC6CC(CC(C6)C4)C5)c32)c1. The number of hydrogen-bond donors (Lipinski definition) is 5. The number of ether oxygens (including phenoxy) is 6. The Morgan fingerprint density at radius 1 is 0.582 bits per heavy atom. The molecule has 8 fully saturated rings. The van der Waals surface area contributed by atoms with Gasteiger partial charge in [0.05, 0.1) is 51.4 Å². The van der Waals surface area contributed by atoms with E-state index in [4.69, 9.17) is 45.0 Å². The number of methoxy groups -OCH3 is 4. The third kappa shape index (κ3) is 7.60. The van der Waals surface area contributed by atoms with E-state index in [2.05, 4.69) is 32.5 Å². The molecular weight excluding hydrogens is 849 g/mol. The second-order valence-corrected chi connectivity index (χ2v) is 20.5. The fourth-order valence-corrected chi connectivity index (χ4v) is 14.8. The van der Waals surface area contributed by atoms with Crippen LogP contribution in [0.5, 0.6) is 34.8 Å². The van der Waals surface area contributed by atoms with Crippen LogP contribution in [-0.4, -0.2) is 60.5 Å². The number of fused-ring (bicyclic) bond motifs is 2. The Morgan fingerprint density at radius 3 is 1.12 bits per heavy atom. The first-order valence-corrected chi connectivity index (χ1v) is 23.9. The number of aromatic amines is 2. The molecule has 8 aliphatic carbocycles. The molecule has 67 heavy (non-hydrogen) atoms. The van der Waals surface area contributed by atoms with E-state index in [1.807, 2.05) is 36.4 Å². The predicted molar refractivity (Wildman–Crippen MR) is 247 cm³/mol. The fraction of sp³-hybridized carbons (Fsp3) is 0.538. The van der Waals surface area contributed by atoms with Crippen LogP contribution in [0.2, 0.25) is 0 Å². The number of hydrogen-bond acceptors (Lipinski definition) is 13. The van der Waals surface area contributed by atoms with E-state index >= 15 is 0 Å². The van der Waals surface area contributed by atoms with Gasteiger partial charge in [0.25, 0.3) is 0 Å². The van der Waals surface area contributed by atoms with Crippen LogP contribution in [0.4, 0.5) is 0 Å². The molecule has 8 bridgehead atoms. The van der Waals surface area contributed by atoms with Crippen molar-refractivity contribution in [2.24, 2.45) is 47.0 Å². The lowest BCUT2D eigenvalue weighted by Crippen LogP contribution is -2.49. The molecule has 2 aliphatic heterocycles. The summed E-state index contributed by atoms with van der Waals surface area (Å²) < 4.78 is 33.8. The van der Waals surface area contributed by atoms with E-state index in [9.17, 15) is 10.5 Å². The number of H-pyrrole nitrogens is 2. The van der Waals surface area contributed by atoms with Gasteiger partial charge in [0.1, 0.15) is 46.3 Å². The van der Waals surface area contributed by atoms with Crippen LogP contribution < -0.4 is 39.9 Å². The highest BCUT2D eigenvalue weighted by atomic mass is 16.5. The van der Waals surface area contributed by atoms with Crippen molar-refractivity contribution in [2.45, 2.75) is 107 Å². The van der Waals surface area contributed by atoms with Crippen molar-refractivity contribution in [3.05, 3.63) is 93.0 Å². The van der Waals surface area contributed by atoms with Gasteiger partial charge in [-0.25, -0.2) is 0 Å². The fourth-order valence-electron chi connectivity index (χ4n) is 14.8. The molecule has 8 saturated carbocycles. The number of nitrogens with two attached hydrogens (primary N) is 2. The zero-order valence-corrected chi connectivity index (χ0v) is 39.1. The van der Waals surface area contributed by atoms with Crippen molar-refractivity contribution in [1.29, 1.82) is 10.5 Å². The van der Waals surface area contributed by atoms with Gasteiger partial charge in [0, 0.05) is 41.0 Å². The molecule has 0 amide bonds. The zero-order valence-electron chi connectivity index (χ0n) is 39.1. The highest BCUT2D eigenvalue weighted by Crippen LogP contribution is 2.64. The molecule has 4 heterocycles. The van der Waals surface area contributed by atoms with E-state index in [1.54, 1.807) is 35.4 Å². The zero-order chi connectivity index (χ0) is 46.8. The largest absolute Gasteiger partial charge is 0.497 e. The molecule has 2 unspecified atom stereocenters. The molecule has 14 rings (SSSR count). The molecule has 0 spiro atoms. The lowest BCUT2D eigenvalue weighted by atomic mass is 9.48. The molecule has 4 aromatic rings. The van der Waals surface area contributed by atoms with Gasteiger partial charge >= 0.3 is 0 Å². The Morgan fingerprint density at radius 2 is 0.866 bits per heavy atom. The Hall–Kier alpha value is -6.32. The number of nitrogens with one attached hydrogen (secondary N) is 2. The highest BCUT2D eigenvalue weighted by Gasteiger charge is 2.56. The first-order chi connectivity index (χ1) is 32.5. The Balaban J connectivity index is 0.000000148. The Labute approximate surface area is 391 Å². The number of aromatic nitrogens is 4. The van der Waals surface area contributed by atoms with Crippen molar-refractivity contribution in [3.8, 4) is 46.9 Å². The third-order valence-corrected chi connectivity index (χ3v) is 16.4. The molecule has 2 atom stereocenters. The molecule has 0 saturated heterocycles. The first-order valence-electron chi connectivity index (χ1n) is 23.9. The lowest BCUT2D eigenvalue weighted by molar-refractivity contribution is -0.00779. The molecule has 10 aliphatic rings. The number of nitriles is 2. The second kappa shape index (κ2) is 17.4. The second-order valence-electron chi connectivity index (χ2n) is 20.5. The number of benzene rings is 2. The van der Waals surface area contributed by atoms with Crippen LogP contribution in [-0.2, 0) is 10.8 Å². The van der Waals surface area contributed by atoms with Gasteiger partial charge in [-0.2, -0.15) is 10.5 Å². The van der Waals surface area contributed by atoms with Crippen molar-refractivity contribution in [2.75, 3.05) is 35.0 Å². The summed E-state index contributed by atoms with van der Waals surface area (Å²) in [5.41, 5.74) is 19.3. The summed E-state index contributed by atoms with van der Waals surface area (Å²) in [5, 5.41) is 43.6. The van der Waals surface area contributed by atoms with E-state index in [0.29, 0.717) is 45.9 Å². The van der Waals surface area contributed by atoms with Crippen molar-refractivity contribution in [3.63, 3.8) is 0 Å². The van der Waals surface area contributed by atoms with Crippen LogP contribution in [0.15, 0.2) is 59.3 Å². The van der Waals surface area contributed by atoms with Crippen molar-refractivity contribution >= 4 is 0 Å².